The van der Waals surface area contributed by atoms with Gasteiger partial charge in [0.05, 0.1) is 21.1 Å². The highest BCUT2D eigenvalue weighted by Crippen LogP contribution is 2.21. The van der Waals surface area contributed by atoms with Gasteiger partial charge in [-0.25, -0.2) is 14.2 Å². The molecule has 0 saturated heterocycles. The number of hydrogen-bond donors (Lipinski definition) is 0. The number of thiazole rings is 1. The molecule has 6 heteroatoms. The molecule has 2 aromatic heterocycles. The molecule has 0 unspecified atom stereocenters. The van der Waals surface area contributed by atoms with Crippen molar-refractivity contribution in [3.63, 3.8) is 0 Å². The highest BCUT2D eigenvalue weighted by molar-refractivity contribution is 7.15. The lowest BCUT2D eigenvalue weighted by Gasteiger charge is -2.07. The minimum atomic E-state index is -0.406. The molecule has 0 radical (unpaired) electrons. The summed E-state index contributed by atoms with van der Waals surface area (Å²) in [6.45, 7) is 0. The van der Waals surface area contributed by atoms with E-state index in [1.54, 1.807) is 22.6 Å². The van der Waals surface area contributed by atoms with Gasteiger partial charge in [0, 0.05) is 0 Å². The Bertz CT molecular complexity index is 1780. The van der Waals surface area contributed by atoms with Crippen LogP contribution in [0.1, 0.15) is 15.9 Å². The minimum Gasteiger partial charge on any atom is -0.423 e. The van der Waals surface area contributed by atoms with Gasteiger partial charge in [-0.2, -0.15) is 0 Å². The van der Waals surface area contributed by atoms with Crippen LogP contribution in [0.15, 0.2) is 95.8 Å². The Morgan fingerprint density at radius 2 is 1.64 bits per heavy atom. The van der Waals surface area contributed by atoms with E-state index in [2.05, 4.69) is 4.98 Å². The Hall–Kier alpha value is -4.29. The number of carbonyl (C=O) groups is 1. The van der Waals surface area contributed by atoms with Crippen molar-refractivity contribution in [1.29, 1.82) is 0 Å². The molecular formula is C27H16N2O3S. The zero-order valence-electron chi connectivity index (χ0n) is 17.3. The molecule has 0 saturated carbocycles. The number of imidazole rings is 1. The normalized spacial score (nSPS) is 12.1. The molecule has 0 aliphatic rings. The van der Waals surface area contributed by atoms with Gasteiger partial charge in [-0.3, -0.25) is 4.79 Å². The number of esters is 1. The van der Waals surface area contributed by atoms with E-state index in [0.717, 1.165) is 27.4 Å². The lowest BCUT2D eigenvalue weighted by Crippen LogP contribution is -2.22. The summed E-state index contributed by atoms with van der Waals surface area (Å²) in [6.07, 6.45) is 1.83. The summed E-state index contributed by atoms with van der Waals surface area (Å²) in [5.74, 6) is 0.0381. The van der Waals surface area contributed by atoms with Crippen molar-refractivity contribution < 1.29 is 9.53 Å². The van der Waals surface area contributed by atoms with Crippen molar-refractivity contribution in [3.05, 3.63) is 117 Å². The standard InChI is InChI=1S/C27H16N2O3S/c30-25-24(33-27-28-22-10-3-4-11-23(22)29(25)27)16-17-12-14-19(15-13-17)32-26(31)21-9-5-7-18-6-1-2-8-20(18)21/h1-16H/b24-16-. The van der Waals surface area contributed by atoms with E-state index in [-0.39, 0.29) is 5.56 Å². The minimum absolute atomic E-state index is 0.0878. The first-order valence-electron chi connectivity index (χ1n) is 10.4. The van der Waals surface area contributed by atoms with Crippen molar-refractivity contribution in [1.82, 2.24) is 9.38 Å². The zero-order valence-corrected chi connectivity index (χ0v) is 18.1. The molecule has 0 amide bonds. The van der Waals surface area contributed by atoms with Gasteiger partial charge in [-0.15, -0.1) is 0 Å². The Kier molecular flexibility index (Phi) is 4.52. The summed E-state index contributed by atoms with van der Waals surface area (Å²) in [5, 5.41) is 1.84. The maximum atomic E-state index is 12.9. The van der Waals surface area contributed by atoms with Crippen LogP contribution in [-0.4, -0.2) is 15.4 Å². The fraction of sp³-hybridized carbons (Fsp3) is 0. The average molecular weight is 449 g/mol. The number of hydrogen-bond acceptors (Lipinski definition) is 5. The van der Waals surface area contributed by atoms with Crippen LogP contribution < -0.4 is 14.8 Å². The third-order valence-corrected chi connectivity index (χ3v) is 6.51. The Morgan fingerprint density at radius 3 is 2.52 bits per heavy atom. The summed E-state index contributed by atoms with van der Waals surface area (Å²) in [4.78, 5) is 30.9. The summed E-state index contributed by atoms with van der Waals surface area (Å²) in [5.41, 5.74) is 2.89. The highest BCUT2D eigenvalue weighted by atomic mass is 32.1. The van der Waals surface area contributed by atoms with Gasteiger partial charge in [-0.1, -0.05) is 72.0 Å². The maximum Gasteiger partial charge on any atom is 0.344 e. The van der Waals surface area contributed by atoms with Crippen molar-refractivity contribution in [2.75, 3.05) is 0 Å². The van der Waals surface area contributed by atoms with Crippen LogP contribution >= 0.6 is 11.3 Å². The molecule has 158 valence electrons. The van der Waals surface area contributed by atoms with Gasteiger partial charge in [0.1, 0.15) is 5.75 Å². The summed E-state index contributed by atoms with van der Waals surface area (Å²) in [7, 11) is 0. The predicted molar refractivity (Wildman–Crippen MR) is 131 cm³/mol. The summed E-state index contributed by atoms with van der Waals surface area (Å²) in [6, 6.07) is 28.0. The average Bonchev–Trinajstić information content (AvgIpc) is 3.36. The van der Waals surface area contributed by atoms with Gasteiger partial charge >= 0.3 is 5.97 Å². The third-order valence-electron chi connectivity index (χ3n) is 5.54. The lowest BCUT2D eigenvalue weighted by molar-refractivity contribution is 0.0737. The van der Waals surface area contributed by atoms with E-state index in [1.807, 2.05) is 78.9 Å². The second-order valence-electron chi connectivity index (χ2n) is 7.62. The molecule has 6 aromatic rings. The number of nitrogens with zero attached hydrogens (tertiary/aromatic N) is 2. The number of para-hydroxylation sites is 2. The SMILES string of the molecule is O=C(Oc1ccc(/C=c2\sc3nc4ccccc4n3c2=O)cc1)c1cccc2ccccc12. The van der Waals surface area contributed by atoms with E-state index >= 15 is 0 Å². The van der Waals surface area contributed by atoms with E-state index in [0.29, 0.717) is 20.8 Å². The van der Waals surface area contributed by atoms with Crippen molar-refractivity contribution >= 4 is 50.1 Å². The molecule has 0 bridgehead atoms. The van der Waals surface area contributed by atoms with Gasteiger partial charge in [0.2, 0.25) is 0 Å². The van der Waals surface area contributed by atoms with Crippen LogP contribution in [-0.2, 0) is 0 Å². The molecule has 0 N–H and O–H groups in total. The van der Waals surface area contributed by atoms with Crippen LogP contribution in [0.3, 0.4) is 0 Å². The maximum absolute atomic E-state index is 12.9. The lowest BCUT2D eigenvalue weighted by atomic mass is 10.0. The molecule has 0 atom stereocenters. The second kappa shape index (κ2) is 7.69. The molecule has 4 aromatic carbocycles. The first-order valence-corrected chi connectivity index (χ1v) is 11.2. The molecular weight excluding hydrogens is 432 g/mol. The number of ether oxygens (including phenoxy) is 1. The molecule has 5 nitrogen and oxygen atoms in total. The molecule has 6 rings (SSSR count). The molecule has 0 aliphatic carbocycles. The number of rotatable bonds is 3. The van der Waals surface area contributed by atoms with Crippen molar-refractivity contribution in [3.8, 4) is 5.75 Å². The summed E-state index contributed by atoms with van der Waals surface area (Å²) < 4.78 is 7.84. The Balaban J connectivity index is 1.29. The topological polar surface area (TPSA) is 60.7 Å². The zero-order chi connectivity index (χ0) is 22.4. The quantitative estimate of drug-likeness (QED) is 0.287. The second-order valence-corrected chi connectivity index (χ2v) is 8.63. The van der Waals surface area contributed by atoms with E-state index < -0.39 is 5.97 Å². The predicted octanol–water partition coefficient (Wildman–Crippen LogP) is 4.83. The monoisotopic (exact) mass is 448 g/mol. The smallest absolute Gasteiger partial charge is 0.344 e. The Morgan fingerprint density at radius 1 is 0.879 bits per heavy atom. The van der Waals surface area contributed by atoms with Gasteiger partial charge in [0.15, 0.2) is 4.96 Å². The molecule has 0 spiro atoms. The summed E-state index contributed by atoms with van der Waals surface area (Å²) >= 11 is 1.36. The highest BCUT2D eigenvalue weighted by Gasteiger charge is 2.13. The first-order chi connectivity index (χ1) is 16.2. The molecule has 2 heterocycles. The molecule has 0 aliphatic heterocycles. The van der Waals surface area contributed by atoms with Gasteiger partial charge in [0.25, 0.3) is 5.56 Å². The number of carbonyl (C=O) groups excluding carboxylic acids is 1. The Labute approximate surface area is 191 Å². The van der Waals surface area contributed by atoms with Gasteiger partial charge < -0.3 is 4.74 Å². The number of fused-ring (bicyclic) bond motifs is 4. The number of aromatic nitrogens is 2. The van der Waals surface area contributed by atoms with Crippen molar-refractivity contribution in [2.45, 2.75) is 0 Å². The van der Waals surface area contributed by atoms with Crippen LogP contribution in [0.4, 0.5) is 0 Å². The third kappa shape index (κ3) is 3.37. The van der Waals surface area contributed by atoms with Crippen molar-refractivity contribution in [2.24, 2.45) is 0 Å². The van der Waals surface area contributed by atoms with E-state index in [1.165, 1.54) is 11.3 Å². The van der Waals surface area contributed by atoms with E-state index in [9.17, 15) is 9.59 Å². The van der Waals surface area contributed by atoms with Gasteiger partial charge in [-0.05, 0) is 52.7 Å². The van der Waals surface area contributed by atoms with Crippen LogP contribution in [0.25, 0.3) is 32.8 Å². The number of benzene rings is 4. The van der Waals surface area contributed by atoms with E-state index in [4.69, 9.17) is 4.74 Å². The fourth-order valence-corrected chi connectivity index (χ4v) is 4.95. The first kappa shape index (κ1) is 19.4. The molecule has 0 fully saturated rings. The molecule has 33 heavy (non-hydrogen) atoms. The van der Waals surface area contributed by atoms with Crippen LogP contribution in [0.5, 0.6) is 5.75 Å². The largest absolute Gasteiger partial charge is 0.423 e. The van der Waals surface area contributed by atoms with Crippen LogP contribution in [0, 0.1) is 0 Å². The van der Waals surface area contributed by atoms with Crippen LogP contribution in [0.2, 0.25) is 0 Å². The fourth-order valence-electron chi connectivity index (χ4n) is 3.96.